The van der Waals surface area contributed by atoms with Gasteiger partial charge in [0.15, 0.2) is 11.5 Å². The van der Waals surface area contributed by atoms with Gasteiger partial charge in [-0.15, -0.1) is 0 Å². The largest absolute Gasteiger partial charge is 0.464 e. The summed E-state index contributed by atoms with van der Waals surface area (Å²) in [6, 6.07) is 5.33. The van der Waals surface area contributed by atoms with Gasteiger partial charge >= 0.3 is 25.5 Å². The minimum absolute atomic E-state index is 0.00183. The third kappa shape index (κ3) is 10.3. The van der Waals surface area contributed by atoms with E-state index in [-0.39, 0.29) is 62.5 Å². The van der Waals surface area contributed by atoms with E-state index in [0.29, 0.717) is 17.7 Å². The zero-order valence-electron chi connectivity index (χ0n) is 24.7. The summed E-state index contributed by atoms with van der Waals surface area (Å²) in [6.07, 6.45) is 2.65. The van der Waals surface area contributed by atoms with Gasteiger partial charge in [-0.3, -0.25) is 14.2 Å². The molecule has 0 aliphatic carbocycles. The highest BCUT2D eigenvalue weighted by Gasteiger charge is 2.26. The van der Waals surface area contributed by atoms with Crippen LogP contribution in [0.4, 0.5) is 5.82 Å². The van der Waals surface area contributed by atoms with E-state index in [9.17, 15) is 18.9 Å². The average molecular weight is 637 g/mol. The van der Waals surface area contributed by atoms with Crippen molar-refractivity contribution in [2.75, 3.05) is 45.1 Å². The first-order chi connectivity index (χ1) is 21.0. The molecule has 2 heterocycles. The monoisotopic (exact) mass is 636 g/mol. The third-order valence-electron chi connectivity index (χ3n) is 5.93. The summed E-state index contributed by atoms with van der Waals surface area (Å²) in [5, 5.41) is 0. The van der Waals surface area contributed by atoms with Crippen LogP contribution in [0.2, 0.25) is 0 Å². The Labute approximate surface area is 253 Å². The molecule has 2 aromatic heterocycles. The molecule has 1 unspecified atom stereocenters. The van der Waals surface area contributed by atoms with Crippen molar-refractivity contribution in [2.24, 2.45) is 11.7 Å². The fourth-order valence-electron chi connectivity index (χ4n) is 3.58. The van der Waals surface area contributed by atoms with Crippen molar-refractivity contribution in [3.05, 3.63) is 42.5 Å². The Hall–Kier alpha value is -3.95. The van der Waals surface area contributed by atoms with Gasteiger partial charge in [-0.2, -0.15) is 0 Å². The van der Waals surface area contributed by atoms with E-state index in [4.69, 9.17) is 39.5 Å². The number of para-hydroxylation sites is 1. The van der Waals surface area contributed by atoms with Crippen LogP contribution in [-0.4, -0.2) is 82.9 Å². The van der Waals surface area contributed by atoms with Crippen LogP contribution in [0.15, 0.2) is 36.9 Å². The highest BCUT2D eigenvalue weighted by atomic mass is 31.2. The van der Waals surface area contributed by atoms with Gasteiger partial charge in [-0.05, 0) is 18.1 Å². The second-order valence-electron chi connectivity index (χ2n) is 9.70. The highest BCUT2D eigenvalue weighted by molar-refractivity contribution is 7.53. The van der Waals surface area contributed by atoms with E-state index in [1.54, 1.807) is 30.5 Å². The maximum Gasteiger partial charge on any atom is 0.356 e. The number of anilines is 1. The first kappa shape index (κ1) is 34.5. The Kier molecular flexibility index (Phi) is 13.2. The van der Waals surface area contributed by atoms with Crippen LogP contribution in [0.1, 0.15) is 37.6 Å². The molecule has 0 saturated heterocycles. The number of imidazole rings is 1. The van der Waals surface area contributed by atoms with Gasteiger partial charge in [-0.1, -0.05) is 26.0 Å². The summed E-state index contributed by atoms with van der Waals surface area (Å²) < 4.78 is 47.2. The summed E-state index contributed by atoms with van der Waals surface area (Å²) in [7, 11) is -3.86. The molecule has 1 aromatic carbocycles. The number of carbonyl (C=O) groups is 3. The molecule has 0 bridgehead atoms. The molecule has 16 nitrogen and oxygen atoms in total. The van der Waals surface area contributed by atoms with E-state index < -0.39 is 37.9 Å². The van der Waals surface area contributed by atoms with Crippen LogP contribution in [-0.2, 0) is 44.0 Å². The molecule has 17 heteroatoms. The average Bonchev–Trinajstić information content (AvgIpc) is 3.41. The number of nitrogens with two attached hydrogens (primary N) is 2. The second kappa shape index (κ2) is 16.8. The van der Waals surface area contributed by atoms with Crippen molar-refractivity contribution in [3.8, 4) is 5.75 Å². The number of aromatic nitrogens is 4. The molecule has 0 amide bonds. The fraction of sp³-hybridized carbons (Fsp3) is 0.481. The third-order valence-corrected chi connectivity index (χ3v) is 7.58. The number of ether oxygens (including phenoxy) is 4. The summed E-state index contributed by atoms with van der Waals surface area (Å²) in [6.45, 7) is 4.56. The number of esters is 3. The smallest absolute Gasteiger partial charge is 0.356 e. The van der Waals surface area contributed by atoms with Crippen molar-refractivity contribution < 1.29 is 46.9 Å². The summed E-state index contributed by atoms with van der Waals surface area (Å²) in [4.78, 5) is 48.1. The van der Waals surface area contributed by atoms with E-state index in [2.05, 4.69) is 15.0 Å². The van der Waals surface area contributed by atoms with Crippen molar-refractivity contribution >= 4 is 42.5 Å². The lowest BCUT2D eigenvalue weighted by Gasteiger charge is -2.19. The van der Waals surface area contributed by atoms with Crippen molar-refractivity contribution in [3.63, 3.8) is 0 Å². The predicted octanol–water partition coefficient (Wildman–Crippen LogP) is 2.31. The minimum Gasteiger partial charge on any atom is -0.464 e. The van der Waals surface area contributed by atoms with E-state index in [1.165, 1.54) is 31.7 Å². The number of nitrogen functional groups attached to an aromatic ring is 1. The molecule has 0 aliphatic heterocycles. The molecule has 3 aromatic rings. The Balaban J connectivity index is 1.52. The van der Waals surface area contributed by atoms with Gasteiger partial charge in [0.2, 0.25) is 0 Å². The number of hydrogen-bond acceptors (Lipinski definition) is 15. The van der Waals surface area contributed by atoms with E-state index in [1.807, 2.05) is 0 Å². The first-order valence-corrected chi connectivity index (χ1v) is 15.5. The summed E-state index contributed by atoms with van der Waals surface area (Å²) in [5.74, 6) is -1.70. The number of benzene rings is 1. The van der Waals surface area contributed by atoms with Crippen LogP contribution < -0.4 is 16.2 Å². The van der Waals surface area contributed by atoms with E-state index >= 15 is 0 Å². The Bertz CT molecular complexity index is 1470. The lowest BCUT2D eigenvalue weighted by molar-refractivity contribution is -0.146. The molecule has 2 atom stereocenters. The molecule has 4 N–H and O–H groups in total. The van der Waals surface area contributed by atoms with Crippen LogP contribution >= 0.6 is 7.60 Å². The fourth-order valence-corrected chi connectivity index (χ4v) is 4.92. The lowest BCUT2D eigenvalue weighted by Crippen LogP contribution is -2.37. The standard InChI is InChI=1S/C27H37N6O10P/c1-18(2)22(28)27(36)39-10-6-11-41-44(37,17-38-12-9-33-16-32-23-24(29)30-15-31-25(23)33)42-14-13-40-26(35)20-7-4-5-8-21(20)43-19(3)34/h4-5,7-8,15-16,18,22H,6,9-14,17,28H2,1-3H3,(H2,29,30,31)/t22-,44?/m1/s1. The maximum absolute atomic E-state index is 13.5. The maximum atomic E-state index is 13.5. The highest BCUT2D eigenvalue weighted by Crippen LogP contribution is 2.48. The Morgan fingerprint density at radius 1 is 0.977 bits per heavy atom. The van der Waals surface area contributed by atoms with Crippen molar-refractivity contribution in [2.45, 2.75) is 39.8 Å². The number of rotatable bonds is 18. The zero-order chi connectivity index (χ0) is 32.1. The molecule has 0 aliphatic rings. The van der Waals surface area contributed by atoms with Gasteiger partial charge in [-0.25, -0.2) is 19.7 Å². The second-order valence-corrected chi connectivity index (χ2v) is 11.7. The van der Waals surface area contributed by atoms with E-state index in [0.717, 1.165) is 0 Å². The number of nitrogens with zero attached hydrogens (tertiary/aromatic N) is 4. The predicted molar refractivity (Wildman–Crippen MR) is 156 cm³/mol. The number of fused-ring (bicyclic) bond motifs is 1. The molecule has 240 valence electrons. The van der Waals surface area contributed by atoms with Gasteiger partial charge in [0.1, 0.15) is 42.2 Å². The van der Waals surface area contributed by atoms with Crippen LogP contribution in [0.25, 0.3) is 11.2 Å². The molecule has 44 heavy (non-hydrogen) atoms. The molecular weight excluding hydrogens is 599 g/mol. The van der Waals surface area contributed by atoms with Crippen LogP contribution in [0.5, 0.6) is 5.75 Å². The Morgan fingerprint density at radius 3 is 2.48 bits per heavy atom. The SMILES string of the molecule is CC(=O)Oc1ccccc1C(=O)OCCOP(=O)(COCCn1cnc2c(N)ncnc21)OCCCOC(=O)[C@H](N)C(C)C. The molecule has 3 rings (SSSR count). The molecule has 0 radical (unpaired) electrons. The van der Waals surface area contributed by atoms with Crippen molar-refractivity contribution in [1.82, 2.24) is 19.5 Å². The zero-order valence-corrected chi connectivity index (χ0v) is 25.6. The van der Waals surface area contributed by atoms with Crippen molar-refractivity contribution in [1.29, 1.82) is 0 Å². The summed E-state index contributed by atoms with van der Waals surface area (Å²) in [5.41, 5.74) is 12.6. The van der Waals surface area contributed by atoms with Gasteiger partial charge < -0.3 is 44.0 Å². The topological polar surface area (TPSA) is 219 Å². The molecule has 0 fully saturated rings. The van der Waals surface area contributed by atoms with Crippen LogP contribution in [0, 0.1) is 5.92 Å². The molecular formula is C27H37N6O10P. The summed E-state index contributed by atoms with van der Waals surface area (Å²) >= 11 is 0. The minimum atomic E-state index is -3.86. The molecule has 0 saturated carbocycles. The van der Waals surface area contributed by atoms with Gasteiger partial charge in [0.25, 0.3) is 0 Å². The molecule has 0 spiro atoms. The number of hydrogen-bond donors (Lipinski definition) is 2. The quantitative estimate of drug-likeness (QED) is 0.0885. The number of carbonyl (C=O) groups excluding carboxylic acids is 3. The lowest BCUT2D eigenvalue weighted by atomic mass is 10.1. The Morgan fingerprint density at radius 2 is 1.73 bits per heavy atom. The normalized spacial score (nSPS) is 13.4. The van der Waals surface area contributed by atoms with Gasteiger partial charge in [0, 0.05) is 19.9 Å². The van der Waals surface area contributed by atoms with Crippen LogP contribution in [0.3, 0.4) is 0 Å². The van der Waals surface area contributed by atoms with Gasteiger partial charge in [0.05, 0.1) is 32.8 Å². The first-order valence-electron chi connectivity index (χ1n) is 13.7.